The number of hydrogen-bond donors (Lipinski definition) is 1. The summed E-state index contributed by atoms with van der Waals surface area (Å²) < 4.78 is 48.8. The van der Waals surface area contributed by atoms with Gasteiger partial charge < -0.3 is 23.9 Å². The summed E-state index contributed by atoms with van der Waals surface area (Å²) in [5, 5.41) is 7.59. The molecule has 0 saturated carbocycles. The van der Waals surface area contributed by atoms with E-state index in [4.69, 9.17) is 14.2 Å². The first kappa shape index (κ1) is 38.7. The van der Waals surface area contributed by atoms with Crippen LogP contribution in [0.15, 0.2) is 12.2 Å². The average Bonchev–Trinajstić information content (AvgIpc) is 2.94. The van der Waals surface area contributed by atoms with E-state index in [0.29, 0.717) is 6.42 Å². The third-order valence-electron chi connectivity index (χ3n) is 6.54. The minimum Gasteiger partial charge on any atom is -0.747 e. The SMILES string of the molecule is CCCCCCCC/C=C\CCCCCCCC(=O)OCC1(CO)COC(=O)CC(S(=O)(=O)[O-])C(=O)OC1.[K+]. The summed E-state index contributed by atoms with van der Waals surface area (Å²) in [6.07, 6.45) is 18.5. The zero-order valence-electron chi connectivity index (χ0n) is 23.7. The molecule has 0 radical (unpaired) electrons. The first-order chi connectivity index (χ1) is 18.1. The number of ether oxygens (including phenoxy) is 3. The summed E-state index contributed by atoms with van der Waals surface area (Å²) in [6, 6.07) is 0. The number of aliphatic hydroxyl groups excluding tert-OH is 1. The molecule has 2 unspecified atom stereocenters. The van der Waals surface area contributed by atoms with E-state index in [2.05, 4.69) is 19.1 Å². The summed E-state index contributed by atoms with van der Waals surface area (Å²) >= 11 is 0. The van der Waals surface area contributed by atoms with Crippen LogP contribution in [0, 0.1) is 5.41 Å². The zero-order chi connectivity index (χ0) is 28.3. The topological polar surface area (TPSA) is 156 Å². The van der Waals surface area contributed by atoms with Crippen molar-refractivity contribution < 1.29 is 98.1 Å². The molecule has 2 atom stereocenters. The summed E-state index contributed by atoms with van der Waals surface area (Å²) in [6.45, 7) is 0.112. The second-order valence-corrected chi connectivity index (χ2v) is 11.7. The molecular weight excluding hydrogens is 555 g/mol. The van der Waals surface area contributed by atoms with Crippen LogP contribution >= 0.6 is 0 Å². The third kappa shape index (κ3) is 17.9. The second kappa shape index (κ2) is 22.3. The Labute approximate surface area is 276 Å². The van der Waals surface area contributed by atoms with Gasteiger partial charge in [0.1, 0.15) is 29.9 Å². The maximum Gasteiger partial charge on any atom is 1.00 e. The first-order valence-electron chi connectivity index (χ1n) is 13.8. The molecule has 220 valence electrons. The Hall–Kier alpha value is -0.344. The van der Waals surface area contributed by atoms with E-state index in [0.717, 1.165) is 38.5 Å². The van der Waals surface area contributed by atoms with Gasteiger partial charge in [0.15, 0.2) is 5.25 Å². The summed E-state index contributed by atoms with van der Waals surface area (Å²) in [4.78, 5) is 36.1. The van der Waals surface area contributed by atoms with Crippen LogP contribution in [0.25, 0.3) is 0 Å². The van der Waals surface area contributed by atoms with Crippen LogP contribution < -0.4 is 51.4 Å². The normalized spacial score (nSPS) is 20.3. The van der Waals surface area contributed by atoms with Crippen LogP contribution in [-0.4, -0.2) is 67.7 Å². The molecule has 12 heteroatoms. The van der Waals surface area contributed by atoms with Gasteiger partial charge in [0, 0.05) is 6.42 Å². The Balaban J connectivity index is 0.0000144. The minimum absolute atomic E-state index is 0. The van der Waals surface area contributed by atoms with Crippen LogP contribution in [0.1, 0.15) is 103 Å². The van der Waals surface area contributed by atoms with Crippen LogP contribution in [0.3, 0.4) is 0 Å². The van der Waals surface area contributed by atoms with Gasteiger partial charge in [0.25, 0.3) is 0 Å². The molecule has 0 aromatic heterocycles. The van der Waals surface area contributed by atoms with Gasteiger partial charge in [-0.05, 0) is 32.1 Å². The predicted molar refractivity (Wildman–Crippen MR) is 140 cm³/mol. The van der Waals surface area contributed by atoms with Gasteiger partial charge in [-0.1, -0.05) is 70.4 Å². The Bertz CT molecular complexity index is 846. The molecule has 0 amide bonds. The number of aliphatic hydroxyl groups is 1. The van der Waals surface area contributed by atoms with Gasteiger partial charge in [0.2, 0.25) is 0 Å². The number of esters is 3. The van der Waals surface area contributed by atoms with Crippen molar-refractivity contribution in [2.45, 2.75) is 108 Å². The fourth-order valence-electron chi connectivity index (χ4n) is 3.97. The van der Waals surface area contributed by atoms with Gasteiger partial charge in [-0.2, -0.15) is 0 Å². The Morgan fingerprint density at radius 1 is 0.974 bits per heavy atom. The van der Waals surface area contributed by atoms with Crippen LogP contribution in [0.5, 0.6) is 0 Å². The Morgan fingerprint density at radius 3 is 2.08 bits per heavy atom. The van der Waals surface area contributed by atoms with Crippen molar-refractivity contribution >= 4 is 28.0 Å². The van der Waals surface area contributed by atoms with Crippen LogP contribution in [0.2, 0.25) is 0 Å². The molecule has 1 aliphatic heterocycles. The third-order valence-corrected chi connectivity index (χ3v) is 7.60. The predicted octanol–water partition coefficient (Wildman–Crippen LogP) is 0.954. The quantitative estimate of drug-likeness (QED) is 0.0566. The van der Waals surface area contributed by atoms with Gasteiger partial charge in [-0.3, -0.25) is 14.4 Å². The fourth-order valence-corrected chi connectivity index (χ4v) is 4.62. The molecule has 1 saturated heterocycles. The molecule has 1 aliphatic rings. The number of allylic oxidation sites excluding steroid dienone is 2. The number of cyclic esters (lactones) is 2. The zero-order valence-corrected chi connectivity index (χ0v) is 27.6. The maximum atomic E-state index is 12.2. The van der Waals surface area contributed by atoms with Gasteiger partial charge in [0.05, 0.1) is 18.4 Å². The van der Waals surface area contributed by atoms with Gasteiger partial charge in [-0.25, -0.2) is 8.42 Å². The Morgan fingerprint density at radius 2 is 1.51 bits per heavy atom. The molecule has 10 nitrogen and oxygen atoms in total. The van der Waals surface area contributed by atoms with Gasteiger partial charge in [-0.15, -0.1) is 0 Å². The molecule has 1 rings (SSSR count). The van der Waals surface area contributed by atoms with Crippen molar-refractivity contribution in [1.82, 2.24) is 0 Å². The van der Waals surface area contributed by atoms with Crippen molar-refractivity contribution in [2.24, 2.45) is 5.41 Å². The maximum absolute atomic E-state index is 12.2. The van der Waals surface area contributed by atoms with Crippen molar-refractivity contribution in [3.63, 3.8) is 0 Å². The molecule has 0 aromatic carbocycles. The number of rotatable bonds is 19. The summed E-state index contributed by atoms with van der Waals surface area (Å²) in [5.41, 5.74) is -1.45. The molecule has 1 fully saturated rings. The standard InChI is InChI=1S/C27H46O10S.K/c1-2-3-4-5-6-7-8-9-10-11-12-13-14-15-16-17-24(29)35-20-27(19-28)21-36-25(30)18-23(38(32,33)34)26(31)37-22-27;/h9-10,23,28H,2-8,11-22H2,1H3,(H,32,33,34);/q;+1/p-1/b10-9-;. The monoisotopic (exact) mass is 600 g/mol. The molecule has 0 aromatic rings. The first-order valence-corrected chi connectivity index (χ1v) is 15.3. The van der Waals surface area contributed by atoms with E-state index in [1.165, 1.54) is 38.5 Å². The largest absolute Gasteiger partial charge is 1.00 e. The van der Waals surface area contributed by atoms with E-state index in [-0.39, 0.29) is 57.8 Å². The van der Waals surface area contributed by atoms with E-state index in [9.17, 15) is 32.5 Å². The van der Waals surface area contributed by atoms with Crippen molar-refractivity contribution in [1.29, 1.82) is 0 Å². The smallest absolute Gasteiger partial charge is 0.747 e. The summed E-state index contributed by atoms with van der Waals surface area (Å²) in [5.74, 6) is -3.02. The fraction of sp³-hybridized carbons (Fsp3) is 0.815. The molecule has 0 aliphatic carbocycles. The van der Waals surface area contributed by atoms with Gasteiger partial charge >= 0.3 is 69.3 Å². The molecule has 1 heterocycles. The molecule has 39 heavy (non-hydrogen) atoms. The number of unbranched alkanes of at least 4 members (excludes halogenated alkanes) is 11. The second-order valence-electron chi connectivity index (χ2n) is 10.1. The number of carbonyl (C=O) groups is 3. The Kier molecular flexibility index (Phi) is 22.1. The minimum atomic E-state index is -5.14. The van der Waals surface area contributed by atoms with E-state index in [1.54, 1.807) is 0 Å². The van der Waals surface area contributed by atoms with Crippen molar-refractivity contribution in [2.75, 3.05) is 26.4 Å². The molecular formula is C27H45KO10S. The molecule has 0 spiro atoms. The van der Waals surface area contributed by atoms with E-state index >= 15 is 0 Å². The summed E-state index contributed by atoms with van der Waals surface area (Å²) in [7, 11) is -5.14. The van der Waals surface area contributed by atoms with Crippen molar-refractivity contribution in [3.05, 3.63) is 12.2 Å². The number of carbonyl (C=O) groups excluding carboxylic acids is 3. The molecule has 0 bridgehead atoms. The molecule has 1 N–H and O–H groups in total. The van der Waals surface area contributed by atoms with Crippen molar-refractivity contribution in [3.8, 4) is 0 Å². The van der Waals surface area contributed by atoms with Crippen LogP contribution in [-0.2, 0) is 38.7 Å². The average molecular weight is 601 g/mol. The van der Waals surface area contributed by atoms with E-state index in [1.807, 2.05) is 0 Å². The van der Waals surface area contributed by atoms with Crippen LogP contribution in [0.4, 0.5) is 0 Å². The number of hydrogen-bond acceptors (Lipinski definition) is 10. The van der Waals surface area contributed by atoms with E-state index < -0.39 is 71.5 Å².